The van der Waals surface area contributed by atoms with Crippen LogP contribution in [-0.2, 0) is 60.6 Å². The summed E-state index contributed by atoms with van der Waals surface area (Å²) < 4.78 is 54.1. The van der Waals surface area contributed by atoms with E-state index in [9.17, 15) is 4.79 Å². The molecule has 2 fully saturated rings. The minimum absolute atomic E-state index is 0.226. The highest BCUT2D eigenvalue weighted by Gasteiger charge is 2.52. The molecule has 0 aliphatic carbocycles. The van der Waals surface area contributed by atoms with Gasteiger partial charge in [0.05, 0.1) is 39.1 Å². The van der Waals surface area contributed by atoms with Gasteiger partial charge in [-0.05, 0) is 11.1 Å². The number of carbonyl (C=O) groups is 1. The van der Waals surface area contributed by atoms with E-state index in [1.54, 1.807) is 21.3 Å². The fourth-order valence-electron chi connectivity index (χ4n) is 5.72. The molecule has 2 saturated heterocycles. The first kappa shape index (κ1) is 32.5. The van der Waals surface area contributed by atoms with Crippen LogP contribution in [0.25, 0.3) is 0 Å². The Morgan fingerprint density at radius 3 is 1.88 bits per heavy atom. The van der Waals surface area contributed by atoms with Gasteiger partial charge in [-0.1, -0.05) is 74.5 Å². The molecule has 2 aliphatic heterocycles. The summed E-state index contributed by atoms with van der Waals surface area (Å²) in [5, 5.41) is 0. The lowest BCUT2D eigenvalue weighted by molar-refractivity contribution is -0.350. The van der Waals surface area contributed by atoms with Crippen molar-refractivity contribution >= 4 is 5.97 Å². The third kappa shape index (κ3) is 7.75. The maximum Gasteiger partial charge on any atom is 0.335 e. The van der Waals surface area contributed by atoms with E-state index >= 15 is 0 Å². The first-order chi connectivity index (χ1) is 20.4. The van der Waals surface area contributed by atoms with Crippen molar-refractivity contribution in [3.63, 3.8) is 0 Å². The number of carbonyl (C=O) groups excluding carboxylic acids is 1. The molecule has 10 heteroatoms. The van der Waals surface area contributed by atoms with Gasteiger partial charge in [0.25, 0.3) is 0 Å². The summed E-state index contributed by atoms with van der Waals surface area (Å²) >= 11 is 0. The fourth-order valence-corrected chi connectivity index (χ4v) is 5.72. The van der Waals surface area contributed by atoms with Gasteiger partial charge < -0.3 is 42.6 Å². The van der Waals surface area contributed by atoms with Crippen molar-refractivity contribution < 1.29 is 47.4 Å². The normalized spacial score (nSPS) is 33.3. The Morgan fingerprint density at radius 1 is 0.690 bits per heavy atom. The van der Waals surface area contributed by atoms with E-state index in [0.29, 0.717) is 13.2 Å². The van der Waals surface area contributed by atoms with Crippen molar-refractivity contribution in [3.8, 4) is 0 Å². The van der Waals surface area contributed by atoms with Gasteiger partial charge >= 0.3 is 5.97 Å². The van der Waals surface area contributed by atoms with Crippen LogP contribution in [0.5, 0.6) is 0 Å². The second-order valence-electron chi connectivity index (χ2n) is 10.7. The average molecular weight is 589 g/mol. The first-order valence-corrected chi connectivity index (χ1v) is 14.3. The quantitative estimate of drug-likeness (QED) is 0.322. The highest BCUT2D eigenvalue weighted by atomic mass is 16.7. The summed E-state index contributed by atoms with van der Waals surface area (Å²) in [6, 6.07) is 19.8. The molecule has 0 spiro atoms. The Kier molecular flexibility index (Phi) is 12.3. The molecule has 0 saturated carbocycles. The van der Waals surface area contributed by atoms with E-state index in [1.165, 1.54) is 7.11 Å². The molecular weight excluding hydrogens is 544 g/mol. The molecule has 4 unspecified atom stereocenters. The monoisotopic (exact) mass is 588 g/mol. The SMILES string of the molecule is COC(=O)C1O[C@@H](O[C@H]2C(C)C(OCc3ccccc3)[C@@H](OC)O[C@H]2COCc2ccccc2)C(OC)[C@H](OC)[C@@H]1C. The third-order valence-electron chi connectivity index (χ3n) is 8.03. The van der Waals surface area contributed by atoms with Gasteiger partial charge in [-0.25, -0.2) is 4.79 Å². The number of esters is 1. The molecule has 10 nitrogen and oxygen atoms in total. The molecule has 0 radical (unpaired) electrons. The predicted octanol–water partition coefficient (Wildman–Crippen LogP) is 3.75. The van der Waals surface area contributed by atoms with Crippen LogP contribution in [0.3, 0.4) is 0 Å². The molecule has 42 heavy (non-hydrogen) atoms. The lowest BCUT2D eigenvalue weighted by atomic mass is 9.88. The molecule has 2 aromatic carbocycles. The van der Waals surface area contributed by atoms with Gasteiger partial charge in [0, 0.05) is 33.2 Å². The molecule has 4 rings (SSSR count). The topological polar surface area (TPSA) is 100 Å². The molecule has 2 aliphatic rings. The zero-order chi connectivity index (χ0) is 30.1. The lowest BCUT2D eigenvalue weighted by Gasteiger charge is -2.48. The number of hydrogen-bond acceptors (Lipinski definition) is 10. The third-order valence-corrected chi connectivity index (χ3v) is 8.03. The van der Waals surface area contributed by atoms with Crippen LogP contribution in [0.4, 0.5) is 0 Å². The minimum atomic E-state index is -0.957. The van der Waals surface area contributed by atoms with E-state index in [4.69, 9.17) is 42.6 Å². The minimum Gasteiger partial charge on any atom is -0.467 e. The molecule has 0 amide bonds. The van der Waals surface area contributed by atoms with E-state index < -0.39 is 55.2 Å². The smallest absolute Gasteiger partial charge is 0.335 e. The van der Waals surface area contributed by atoms with E-state index in [-0.39, 0.29) is 18.4 Å². The number of rotatable bonds is 13. The molecular formula is C32H44O10. The van der Waals surface area contributed by atoms with Gasteiger partial charge in [0.15, 0.2) is 18.7 Å². The average Bonchev–Trinajstić information content (AvgIpc) is 3.02. The predicted molar refractivity (Wildman–Crippen MR) is 152 cm³/mol. The summed E-state index contributed by atoms with van der Waals surface area (Å²) in [6.45, 7) is 4.89. The molecule has 232 valence electrons. The largest absolute Gasteiger partial charge is 0.467 e. The number of ether oxygens (including phenoxy) is 9. The van der Waals surface area contributed by atoms with Crippen LogP contribution in [0.15, 0.2) is 60.7 Å². The maximum absolute atomic E-state index is 12.6. The second kappa shape index (κ2) is 15.9. The van der Waals surface area contributed by atoms with Gasteiger partial charge in [-0.3, -0.25) is 0 Å². The van der Waals surface area contributed by atoms with E-state index in [0.717, 1.165) is 11.1 Å². The van der Waals surface area contributed by atoms with Crippen LogP contribution in [0, 0.1) is 11.8 Å². The molecule has 0 aromatic heterocycles. The number of benzene rings is 2. The molecule has 2 heterocycles. The van der Waals surface area contributed by atoms with Crippen molar-refractivity contribution in [2.45, 2.75) is 76.3 Å². The Bertz CT molecular complexity index is 1070. The Balaban J connectivity index is 1.57. The van der Waals surface area contributed by atoms with Gasteiger partial charge in [0.1, 0.15) is 18.3 Å². The molecule has 2 aromatic rings. The fraction of sp³-hybridized carbons (Fsp3) is 0.594. The summed E-state index contributed by atoms with van der Waals surface area (Å²) in [5.41, 5.74) is 2.07. The highest BCUT2D eigenvalue weighted by Crippen LogP contribution is 2.37. The zero-order valence-corrected chi connectivity index (χ0v) is 25.3. The Morgan fingerprint density at radius 2 is 1.31 bits per heavy atom. The highest BCUT2D eigenvalue weighted by molar-refractivity contribution is 5.75. The van der Waals surface area contributed by atoms with Crippen LogP contribution >= 0.6 is 0 Å². The van der Waals surface area contributed by atoms with Crippen molar-refractivity contribution in [2.24, 2.45) is 11.8 Å². The molecule has 0 N–H and O–H groups in total. The summed E-state index contributed by atoms with van der Waals surface area (Å²) in [7, 11) is 6.06. The van der Waals surface area contributed by atoms with Gasteiger partial charge in [-0.2, -0.15) is 0 Å². The number of hydrogen-bond donors (Lipinski definition) is 0. The second-order valence-corrected chi connectivity index (χ2v) is 10.7. The Hall–Kier alpha value is -2.41. The van der Waals surface area contributed by atoms with Crippen molar-refractivity contribution in [3.05, 3.63) is 71.8 Å². The van der Waals surface area contributed by atoms with E-state index in [1.807, 2.05) is 74.5 Å². The molecule has 0 bridgehead atoms. The standard InChI is InChI=1S/C32H44O10/c1-20-25(41-32-29(35-4)26(34-3)21(2)27(42-32)30(33)36-5)24(19-38-17-22-13-9-7-10-14-22)40-31(37-6)28(20)39-18-23-15-11-8-12-16-23/h7-16,20-21,24-29,31-32H,17-19H2,1-6H3/t20?,21-,24-,25-,26+,27?,28?,29?,31-,32+/m0/s1. The summed E-state index contributed by atoms with van der Waals surface area (Å²) in [5.74, 6) is -1.07. The van der Waals surface area contributed by atoms with Gasteiger partial charge in [-0.15, -0.1) is 0 Å². The lowest BCUT2D eigenvalue weighted by Crippen LogP contribution is -2.62. The van der Waals surface area contributed by atoms with Crippen molar-refractivity contribution in [1.29, 1.82) is 0 Å². The first-order valence-electron chi connectivity index (χ1n) is 14.3. The maximum atomic E-state index is 12.6. The Labute approximate surface area is 248 Å². The van der Waals surface area contributed by atoms with Crippen molar-refractivity contribution in [2.75, 3.05) is 35.0 Å². The van der Waals surface area contributed by atoms with Crippen LogP contribution in [0.2, 0.25) is 0 Å². The van der Waals surface area contributed by atoms with Crippen LogP contribution < -0.4 is 0 Å². The number of methoxy groups -OCH3 is 4. The molecule has 10 atom stereocenters. The summed E-state index contributed by atoms with van der Waals surface area (Å²) in [4.78, 5) is 12.6. The van der Waals surface area contributed by atoms with Gasteiger partial charge in [0.2, 0.25) is 0 Å². The van der Waals surface area contributed by atoms with E-state index in [2.05, 4.69) is 0 Å². The summed E-state index contributed by atoms with van der Waals surface area (Å²) in [6.07, 6.45) is -5.20. The van der Waals surface area contributed by atoms with Crippen LogP contribution in [-0.4, -0.2) is 90.2 Å². The van der Waals surface area contributed by atoms with Crippen molar-refractivity contribution in [1.82, 2.24) is 0 Å². The van der Waals surface area contributed by atoms with Crippen LogP contribution in [0.1, 0.15) is 25.0 Å². The zero-order valence-electron chi connectivity index (χ0n) is 25.3.